The van der Waals surface area contributed by atoms with Gasteiger partial charge in [-0.2, -0.15) is 4.98 Å². The molecule has 0 aromatic carbocycles. The largest absolute Gasteiger partial charge is 0.375 e. The Morgan fingerprint density at radius 3 is 3.04 bits per heavy atom. The van der Waals surface area contributed by atoms with Crippen molar-refractivity contribution in [3.63, 3.8) is 0 Å². The number of ether oxygens (including phenoxy) is 1. The third-order valence-electron chi connectivity index (χ3n) is 3.49. The highest BCUT2D eigenvalue weighted by molar-refractivity contribution is 7.91. The summed E-state index contributed by atoms with van der Waals surface area (Å²) in [4.78, 5) is 18.5. The van der Waals surface area contributed by atoms with Crippen LogP contribution in [0.4, 0.5) is 0 Å². The van der Waals surface area contributed by atoms with Gasteiger partial charge in [-0.1, -0.05) is 11.2 Å². The van der Waals surface area contributed by atoms with E-state index in [9.17, 15) is 13.2 Å². The van der Waals surface area contributed by atoms with Gasteiger partial charge in [-0.05, 0) is 18.4 Å². The molecule has 0 radical (unpaired) electrons. The van der Waals surface area contributed by atoms with Crippen molar-refractivity contribution in [3.05, 3.63) is 23.4 Å². The van der Waals surface area contributed by atoms with E-state index in [0.717, 1.165) is 4.88 Å². The molecule has 1 aliphatic rings. The summed E-state index contributed by atoms with van der Waals surface area (Å²) in [6.07, 6.45) is -0.0882. The Bertz CT molecular complexity index is 800. The van der Waals surface area contributed by atoms with Crippen LogP contribution in [0.25, 0.3) is 10.7 Å². The third-order valence-corrected chi connectivity index (χ3v) is 5.73. The fourth-order valence-electron chi connectivity index (χ4n) is 2.38. The summed E-state index contributed by atoms with van der Waals surface area (Å²) in [6.45, 7) is 3.07. The molecule has 10 heteroatoms. The fraction of sp³-hybridized carbons (Fsp3) is 0.500. The van der Waals surface area contributed by atoms with E-state index in [1.165, 1.54) is 16.2 Å². The summed E-state index contributed by atoms with van der Waals surface area (Å²) in [7, 11) is -3.68. The van der Waals surface area contributed by atoms with Crippen molar-refractivity contribution in [2.24, 2.45) is 0 Å². The van der Waals surface area contributed by atoms with E-state index < -0.39 is 27.3 Å². The summed E-state index contributed by atoms with van der Waals surface area (Å²) < 4.78 is 34.8. The molecule has 3 heterocycles. The molecule has 0 saturated carbocycles. The van der Waals surface area contributed by atoms with Gasteiger partial charge in [0.05, 0.1) is 17.6 Å². The van der Waals surface area contributed by atoms with E-state index in [0.29, 0.717) is 25.5 Å². The summed E-state index contributed by atoms with van der Waals surface area (Å²) >= 11 is 1.43. The first-order chi connectivity index (χ1) is 11.4. The van der Waals surface area contributed by atoms with Gasteiger partial charge >= 0.3 is 0 Å². The second-order valence-corrected chi connectivity index (χ2v) is 8.55. The Labute approximate surface area is 143 Å². The van der Waals surface area contributed by atoms with Crippen LogP contribution < -0.4 is 0 Å². The number of hydrogen-bond acceptors (Lipinski definition) is 8. The molecular formula is C14H17N3O5S2. The van der Waals surface area contributed by atoms with E-state index in [2.05, 4.69) is 10.1 Å². The highest BCUT2D eigenvalue weighted by Gasteiger charge is 2.27. The summed E-state index contributed by atoms with van der Waals surface area (Å²) in [5, 5.41) is 5.63. The monoisotopic (exact) mass is 371 g/mol. The van der Waals surface area contributed by atoms with Crippen LogP contribution in [0, 0.1) is 0 Å². The molecule has 24 heavy (non-hydrogen) atoms. The lowest BCUT2D eigenvalue weighted by Gasteiger charge is -2.31. The molecule has 0 spiro atoms. The SMILES string of the molecule is CC1CN(C(=O)CS(=O)(=O)Cc2nc(-c3cccs3)no2)CCO1. The zero-order valence-electron chi connectivity index (χ0n) is 13.0. The summed E-state index contributed by atoms with van der Waals surface area (Å²) in [6, 6.07) is 3.66. The van der Waals surface area contributed by atoms with Crippen LogP contribution in [0.5, 0.6) is 0 Å². The van der Waals surface area contributed by atoms with Gasteiger partial charge < -0.3 is 14.2 Å². The summed E-state index contributed by atoms with van der Waals surface area (Å²) in [5.74, 6) is -1.11. The number of rotatable bonds is 5. The van der Waals surface area contributed by atoms with Crippen LogP contribution in [0.3, 0.4) is 0 Å². The molecule has 3 rings (SSSR count). The second kappa shape index (κ2) is 6.99. The highest BCUT2D eigenvalue weighted by atomic mass is 32.2. The van der Waals surface area contributed by atoms with Crippen molar-refractivity contribution in [1.82, 2.24) is 15.0 Å². The van der Waals surface area contributed by atoms with Gasteiger partial charge in [-0.25, -0.2) is 8.42 Å². The molecule has 0 bridgehead atoms. The third kappa shape index (κ3) is 4.19. The molecule has 1 saturated heterocycles. The first kappa shape index (κ1) is 17.1. The molecule has 1 atom stereocenters. The van der Waals surface area contributed by atoms with Crippen LogP contribution >= 0.6 is 11.3 Å². The van der Waals surface area contributed by atoms with Crippen LogP contribution in [-0.4, -0.2) is 60.9 Å². The zero-order chi connectivity index (χ0) is 17.2. The maximum atomic E-state index is 12.2. The van der Waals surface area contributed by atoms with E-state index in [1.54, 1.807) is 0 Å². The number of sulfone groups is 1. The Hall–Kier alpha value is -1.78. The minimum atomic E-state index is -3.68. The predicted octanol–water partition coefficient (Wildman–Crippen LogP) is 0.960. The van der Waals surface area contributed by atoms with Crippen molar-refractivity contribution in [1.29, 1.82) is 0 Å². The molecule has 8 nitrogen and oxygen atoms in total. The average molecular weight is 371 g/mol. The molecule has 0 aliphatic carbocycles. The molecule has 1 amide bonds. The van der Waals surface area contributed by atoms with E-state index in [1.807, 2.05) is 24.4 Å². The predicted molar refractivity (Wildman–Crippen MR) is 87.1 cm³/mol. The summed E-state index contributed by atoms with van der Waals surface area (Å²) in [5.41, 5.74) is 0. The van der Waals surface area contributed by atoms with Crippen molar-refractivity contribution >= 4 is 27.1 Å². The molecule has 2 aromatic heterocycles. The lowest BCUT2D eigenvalue weighted by molar-refractivity contribution is -0.135. The molecule has 130 valence electrons. The van der Waals surface area contributed by atoms with Crippen LogP contribution in [0.2, 0.25) is 0 Å². The molecule has 1 fully saturated rings. The smallest absolute Gasteiger partial charge is 0.242 e. The van der Waals surface area contributed by atoms with Gasteiger partial charge in [-0.15, -0.1) is 11.3 Å². The first-order valence-corrected chi connectivity index (χ1v) is 10.1. The van der Waals surface area contributed by atoms with Crippen molar-refractivity contribution in [3.8, 4) is 10.7 Å². The van der Waals surface area contributed by atoms with Crippen LogP contribution in [0.1, 0.15) is 12.8 Å². The molecule has 2 aromatic rings. The van der Waals surface area contributed by atoms with Gasteiger partial charge in [0, 0.05) is 13.1 Å². The average Bonchev–Trinajstić information content (AvgIpc) is 3.17. The number of thiophene rings is 1. The quantitative estimate of drug-likeness (QED) is 0.771. The van der Waals surface area contributed by atoms with Crippen LogP contribution in [-0.2, 0) is 25.1 Å². The van der Waals surface area contributed by atoms with Gasteiger partial charge in [-0.3, -0.25) is 4.79 Å². The number of morpholine rings is 1. The van der Waals surface area contributed by atoms with Crippen molar-refractivity contribution < 1.29 is 22.5 Å². The van der Waals surface area contributed by atoms with Crippen LogP contribution in [0.15, 0.2) is 22.0 Å². The molecule has 0 N–H and O–H groups in total. The molecule has 1 aliphatic heterocycles. The molecule has 1 unspecified atom stereocenters. The fourth-order valence-corrected chi connectivity index (χ4v) is 4.19. The Morgan fingerprint density at radius 1 is 1.50 bits per heavy atom. The Balaban J connectivity index is 1.62. The van der Waals surface area contributed by atoms with E-state index >= 15 is 0 Å². The van der Waals surface area contributed by atoms with Crippen molar-refractivity contribution in [2.45, 2.75) is 18.8 Å². The lowest BCUT2D eigenvalue weighted by Crippen LogP contribution is -2.46. The van der Waals surface area contributed by atoms with Gasteiger partial charge in [0.15, 0.2) is 9.84 Å². The number of aromatic nitrogens is 2. The Morgan fingerprint density at radius 2 is 2.33 bits per heavy atom. The van der Waals surface area contributed by atoms with E-state index in [-0.39, 0.29) is 12.0 Å². The van der Waals surface area contributed by atoms with Gasteiger partial charge in [0.2, 0.25) is 17.6 Å². The topological polar surface area (TPSA) is 103 Å². The Kier molecular flexibility index (Phi) is 4.97. The normalized spacial score (nSPS) is 18.7. The molecular weight excluding hydrogens is 354 g/mol. The number of carbonyl (C=O) groups is 1. The minimum absolute atomic E-state index is 0.0125. The standard InChI is InChI=1S/C14H17N3O5S2/c1-10-7-17(4-5-21-10)13(18)9-24(19,20)8-12-15-14(16-22-12)11-3-2-6-23-11/h2-3,6,10H,4-5,7-9H2,1H3. The van der Waals surface area contributed by atoms with Gasteiger partial charge in [0.25, 0.3) is 0 Å². The maximum Gasteiger partial charge on any atom is 0.242 e. The first-order valence-electron chi connectivity index (χ1n) is 7.39. The highest BCUT2D eigenvalue weighted by Crippen LogP contribution is 2.21. The number of hydrogen-bond donors (Lipinski definition) is 0. The second-order valence-electron chi connectivity index (χ2n) is 5.54. The maximum absolute atomic E-state index is 12.2. The van der Waals surface area contributed by atoms with Crippen molar-refractivity contribution in [2.75, 3.05) is 25.4 Å². The number of carbonyl (C=O) groups excluding carboxylic acids is 1. The number of amides is 1. The number of nitrogens with zero attached hydrogens (tertiary/aromatic N) is 3. The van der Waals surface area contributed by atoms with E-state index in [4.69, 9.17) is 9.26 Å². The minimum Gasteiger partial charge on any atom is -0.375 e. The van der Waals surface area contributed by atoms with Gasteiger partial charge in [0.1, 0.15) is 11.5 Å². The zero-order valence-corrected chi connectivity index (χ0v) is 14.7. The lowest BCUT2D eigenvalue weighted by atomic mass is 10.3.